The Balaban J connectivity index is 1.48. The molecule has 48 heavy (non-hydrogen) atoms. The van der Waals surface area contributed by atoms with Gasteiger partial charge in [0, 0.05) is 27.8 Å². The number of phenolic OH excluding ortho intramolecular Hbond substituents is 1. The summed E-state index contributed by atoms with van der Waals surface area (Å²) in [6.45, 7) is 16.9. The van der Waals surface area contributed by atoms with E-state index in [0.29, 0.717) is 11.5 Å². The number of hydrogen-bond acceptors (Lipinski definition) is 5. The van der Waals surface area contributed by atoms with Crippen molar-refractivity contribution in [2.75, 3.05) is 0 Å². The second kappa shape index (κ2) is 16.4. The Bertz CT molecular complexity index is 1450. The summed E-state index contributed by atoms with van der Waals surface area (Å²) in [7, 11) is -1.17. The predicted octanol–water partition coefficient (Wildman–Crippen LogP) is 10.9. The number of unbranched alkanes of at least 4 members (excludes halogenated alkanes) is 1. The topological polar surface area (TPSA) is 72.8 Å². The molecule has 1 N–H and O–H groups in total. The van der Waals surface area contributed by atoms with Gasteiger partial charge in [-0.25, -0.2) is 18.4 Å². The number of ether oxygens (including phenoxy) is 2. The first-order chi connectivity index (χ1) is 22.7. The number of esters is 2. The van der Waals surface area contributed by atoms with Crippen LogP contribution in [0.15, 0.2) is 48.6 Å². The Labute approximate surface area is 286 Å². The predicted molar refractivity (Wildman–Crippen MR) is 190 cm³/mol. The minimum atomic E-state index is -1.17. The number of hydrogen-bond donors (Lipinski definition) is 1. The minimum absolute atomic E-state index is 0.00654. The largest absolute Gasteiger partial charge is 0.507 e. The van der Waals surface area contributed by atoms with E-state index in [2.05, 4.69) is 33.2 Å². The molecule has 2 aliphatic rings. The molecule has 5 nitrogen and oxygen atoms in total. The summed E-state index contributed by atoms with van der Waals surface area (Å²) >= 11 is 0. The normalized spacial score (nSPS) is 21.4. The standard InChI is InChI=1S/C40H54F2O5Si/c1-8-9-20-48(6,7)33-16-14-28(15-17-33)27-10-12-29(13-11-27)34-18-19-35(37(42)36(34)41)30-21-31(23-46-39(44)25(2)3)38(43)32(22-30)24-47-40(45)26(4)5/h18-19,21-22,27-29,33,43H,2,4,8-17,20,23-24H2,1,3,5-7H3. The third kappa shape index (κ3) is 9.04. The lowest BCUT2D eigenvalue weighted by molar-refractivity contribution is -0.140. The van der Waals surface area contributed by atoms with Gasteiger partial charge in [-0.3, -0.25) is 0 Å². The van der Waals surface area contributed by atoms with E-state index >= 15 is 8.78 Å². The summed E-state index contributed by atoms with van der Waals surface area (Å²) in [5.74, 6) is -2.02. The molecule has 0 heterocycles. The maximum absolute atomic E-state index is 15.9. The Morgan fingerprint density at radius 1 is 0.833 bits per heavy atom. The van der Waals surface area contributed by atoms with E-state index in [1.54, 1.807) is 12.1 Å². The molecule has 2 aliphatic carbocycles. The zero-order chi connectivity index (χ0) is 35.2. The molecule has 0 amide bonds. The number of phenols is 1. The molecule has 0 aliphatic heterocycles. The van der Waals surface area contributed by atoms with Crippen LogP contribution in [-0.2, 0) is 32.3 Å². The van der Waals surface area contributed by atoms with E-state index < -0.39 is 31.6 Å². The van der Waals surface area contributed by atoms with Crippen LogP contribution in [0.4, 0.5) is 8.78 Å². The summed E-state index contributed by atoms with van der Waals surface area (Å²) < 4.78 is 42.1. The molecule has 0 saturated heterocycles. The third-order valence-corrected chi connectivity index (χ3v) is 15.5. The summed E-state index contributed by atoms with van der Waals surface area (Å²) in [4.78, 5) is 24.1. The molecule has 2 aromatic rings. The van der Waals surface area contributed by atoms with Gasteiger partial charge in [-0.1, -0.05) is 89.9 Å². The molecule has 0 atom stereocenters. The SMILES string of the molecule is C=C(C)C(=O)OCc1cc(-c2ccc(C3CCC(C4CCC([Si](C)(C)CCCC)CC4)CC3)c(F)c2F)cc(COC(=O)C(=C)C)c1O. The van der Waals surface area contributed by atoms with E-state index in [9.17, 15) is 14.7 Å². The molecular weight excluding hydrogens is 627 g/mol. The van der Waals surface area contributed by atoms with E-state index in [4.69, 9.17) is 9.47 Å². The van der Waals surface area contributed by atoms with Crippen molar-refractivity contribution in [2.45, 2.75) is 129 Å². The van der Waals surface area contributed by atoms with Crippen LogP contribution in [0.1, 0.15) is 108 Å². The maximum atomic E-state index is 15.9. The van der Waals surface area contributed by atoms with Gasteiger partial charge < -0.3 is 14.6 Å². The molecule has 0 unspecified atom stereocenters. The summed E-state index contributed by atoms with van der Waals surface area (Å²) in [6.07, 6.45) is 11.8. The zero-order valence-corrected chi connectivity index (χ0v) is 30.6. The van der Waals surface area contributed by atoms with Gasteiger partial charge in [0.2, 0.25) is 0 Å². The Hall–Kier alpha value is -3.26. The molecule has 2 fully saturated rings. The molecule has 2 saturated carbocycles. The van der Waals surface area contributed by atoms with Crippen molar-refractivity contribution in [1.82, 2.24) is 0 Å². The van der Waals surface area contributed by atoms with Gasteiger partial charge in [-0.2, -0.15) is 0 Å². The fourth-order valence-electron chi connectivity index (χ4n) is 7.88. The van der Waals surface area contributed by atoms with E-state index in [0.717, 1.165) is 37.1 Å². The van der Waals surface area contributed by atoms with Gasteiger partial charge in [0.1, 0.15) is 19.0 Å². The average molecular weight is 681 g/mol. The first-order valence-electron chi connectivity index (χ1n) is 17.7. The fourth-order valence-corrected chi connectivity index (χ4v) is 11.5. The van der Waals surface area contributed by atoms with Crippen molar-refractivity contribution in [3.63, 3.8) is 0 Å². The third-order valence-electron chi connectivity index (χ3n) is 11.0. The van der Waals surface area contributed by atoms with Crippen molar-refractivity contribution in [3.05, 3.63) is 76.9 Å². The van der Waals surface area contributed by atoms with Crippen LogP contribution in [0.5, 0.6) is 5.75 Å². The lowest BCUT2D eigenvalue weighted by Gasteiger charge is -2.42. The number of benzene rings is 2. The van der Waals surface area contributed by atoms with Gasteiger partial charge >= 0.3 is 11.9 Å². The fraction of sp³-hybridized carbons (Fsp3) is 0.550. The highest BCUT2D eigenvalue weighted by Crippen LogP contribution is 2.48. The molecule has 8 heteroatoms. The highest BCUT2D eigenvalue weighted by atomic mass is 28.3. The van der Waals surface area contributed by atoms with Crippen LogP contribution >= 0.6 is 0 Å². The maximum Gasteiger partial charge on any atom is 0.333 e. The molecule has 0 aromatic heterocycles. The molecule has 262 valence electrons. The molecule has 2 aromatic carbocycles. The number of halogens is 2. The van der Waals surface area contributed by atoms with Crippen molar-refractivity contribution < 1.29 is 33.0 Å². The lowest BCUT2D eigenvalue weighted by Crippen LogP contribution is -2.36. The average Bonchev–Trinajstić information content (AvgIpc) is 3.07. The van der Waals surface area contributed by atoms with Crippen LogP contribution in [0.2, 0.25) is 24.7 Å². The first-order valence-corrected chi connectivity index (χ1v) is 21.0. The van der Waals surface area contributed by atoms with Gasteiger partial charge in [0.25, 0.3) is 0 Å². The van der Waals surface area contributed by atoms with Gasteiger partial charge in [0.05, 0.1) is 8.07 Å². The van der Waals surface area contributed by atoms with Gasteiger partial charge in [-0.05, 0) is 86.1 Å². The van der Waals surface area contributed by atoms with Crippen LogP contribution in [0.3, 0.4) is 0 Å². The van der Waals surface area contributed by atoms with Crippen molar-refractivity contribution in [2.24, 2.45) is 11.8 Å². The Morgan fingerprint density at radius 3 is 1.81 bits per heavy atom. The van der Waals surface area contributed by atoms with Crippen LogP contribution in [-0.4, -0.2) is 25.1 Å². The quantitative estimate of drug-likeness (QED) is 0.129. The second-order valence-corrected chi connectivity index (χ2v) is 20.3. The number of rotatable bonds is 13. The van der Waals surface area contributed by atoms with Crippen molar-refractivity contribution >= 4 is 20.0 Å². The van der Waals surface area contributed by atoms with Crippen LogP contribution in [0, 0.1) is 23.5 Å². The van der Waals surface area contributed by atoms with Gasteiger partial charge in [-0.15, -0.1) is 0 Å². The molecule has 0 bridgehead atoms. The second-order valence-electron chi connectivity index (χ2n) is 15.0. The van der Waals surface area contributed by atoms with E-state index in [-0.39, 0.29) is 58.3 Å². The van der Waals surface area contributed by atoms with E-state index in [1.807, 2.05) is 0 Å². The Morgan fingerprint density at radius 2 is 1.33 bits per heavy atom. The summed E-state index contributed by atoms with van der Waals surface area (Å²) in [5.41, 5.74) is 2.28. The van der Waals surface area contributed by atoms with Crippen molar-refractivity contribution in [3.8, 4) is 16.9 Å². The Kier molecular flexibility index (Phi) is 12.9. The number of aromatic hydroxyl groups is 1. The highest BCUT2D eigenvalue weighted by Gasteiger charge is 2.37. The van der Waals surface area contributed by atoms with E-state index in [1.165, 1.54) is 70.5 Å². The molecule has 4 rings (SSSR count). The monoisotopic (exact) mass is 680 g/mol. The first kappa shape index (κ1) is 37.6. The zero-order valence-electron chi connectivity index (χ0n) is 29.6. The lowest BCUT2D eigenvalue weighted by atomic mass is 9.69. The number of carbonyl (C=O) groups is 2. The molecule has 0 spiro atoms. The summed E-state index contributed by atoms with van der Waals surface area (Å²) in [6, 6.07) is 7.61. The summed E-state index contributed by atoms with van der Waals surface area (Å²) in [5, 5.41) is 10.9. The highest BCUT2D eigenvalue weighted by molar-refractivity contribution is 6.78. The van der Waals surface area contributed by atoms with Crippen LogP contribution < -0.4 is 0 Å². The van der Waals surface area contributed by atoms with Gasteiger partial charge in [0.15, 0.2) is 11.6 Å². The smallest absolute Gasteiger partial charge is 0.333 e. The minimum Gasteiger partial charge on any atom is -0.507 e. The van der Waals surface area contributed by atoms with Crippen molar-refractivity contribution in [1.29, 1.82) is 0 Å². The molecular formula is C40H54F2O5Si. The number of carbonyl (C=O) groups excluding carboxylic acids is 2. The molecule has 0 radical (unpaired) electrons. The van der Waals surface area contributed by atoms with Crippen LogP contribution in [0.25, 0.3) is 11.1 Å².